The number of nitriles is 1. The minimum atomic E-state index is -0.779. The first kappa shape index (κ1) is 14.5. The second-order valence-corrected chi connectivity index (χ2v) is 4.13. The molecule has 0 aliphatic carbocycles. The van der Waals surface area contributed by atoms with Gasteiger partial charge in [-0.05, 0) is 36.4 Å². The smallest absolute Gasteiger partial charge is 0.262 e. The number of amides is 1. The van der Waals surface area contributed by atoms with Crippen LogP contribution >= 0.6 is 0 Å². The Morgan fingerprint density at radius 2 is 1.76 bits per heavy atom. The zero-order valence-corrected chi connectivity index (χ0v) is 10.8. The van der Waals surface area contributed by atoms with Crippen LogP contribution in [0.5, 0.6) is 5.75 Å². The van der Waals surface area contributed by atoms with Crippen molar-refractivity contribution < 1.29 is 18.3 Å². The van der Waals surface area contributed by atoms with Gasteiger partial charge >= 0.3 is 0 Å². The van der Waals surface area contributed by atoms with Crippen molar-refractivity contribution >= 4 is 11.6 Å². The monoisotopic (exact) mass is 288 g/mol. The van der Waals surface area contributed by atoms with Crippen molar-refractivity contribution in [1.29, 1.82) is 5.26 Å². The normalized spacial score (nSPS) is 9.76. The largest absolute Gasteiger partial charge is 0.484 e. The van der Waals surface area contributed by atoms with Gasteiger partial charge in [-0.3, -0.25) is 4.79 Å². The second kappa shape index (κ2) is 6.48. The molecular formula is C15H10F2N2O2. The Bertz CT molecular complexity index is 674. The summed E-state index contributed by atoms with van der Waals surface area (Å²) in [6, 6.07) is 10.9. The molecular weight excluding hydrogens is 278 g/mol. The van der Waals surface area contributed by atoms with E-state index in [0.29, 0.717) is 17.4 Å². The van der Waals surface area contributed by atoms with Crippen LogP contribution in [0.2, 0.25) is 0 Å². The molecule has 0 saturated carbocycles. The van der Waals surface area contributed by atoms with Crippen LogP contribution in [0.3, 0.4) is 0 Å². The summed E-state index contributed by atoms with van der Waals surface area (Å²) in [5.41, 5.74) is 0.489. The molecule has 106 valence electrons. The molecule has 0 saturated heterocycles. The van der Waals surface area contributed by atoms with Crippen molar-refractivity contribution in [3.8, 4) is 11.8 Å². The Morgan fingerprint density at radius 1 is 1.14 bits per heavy atom. The summed E-state index contributed by atoms with van der Waals surface area (Å²) in [6.07, 6.45) is 0. The van der Waals surface area contributed by atoms with Gasteiger partial charge in [0.2, 0.25) is 0 Å². The average molecular weight is 288 g/mol. The fraction of sp³-hybridized carbons (Fsp3) is 0.0667. The quantitative estimate of drug-likeness (QED) is 0.941. The average Bonchev–Trinajstić information content (AvgIpc) is 2.44. The maximum Gasteiger partial charge on any atom is 0.262 e. The number of nitrogens with one attached hydrogen (secondary N) is 1. The van der Waals surface area contributed by atoms with Gasteiger partial charge in [0.25, 0.3) is 5.91 Å². The Kier molecular flexibility index (Phi) is 4.46. The fourth-order valence-electron chi connectivity index (χ4n) is 1.60. The standard InChI is InChI=1S/C15H10F2N2O2/c16-11-5-12(17)7-13(6-11)19-15(20)9-21-14-3-1-10(8-18)2-4-14/h1-7H,9H2,(H,19,20). The van der Waals surface area contributed by atoms with E-state index >= 15 is 0 Å². The number of anilines is 1. The Hall–Kier alpha value is -2.94. The van der Waals surface area contributed by atoms with Gasteiger partial charge in [0.15, 0.2) is 6.61 Å². The summed E-state index contributed by atoms with van der Waals surface area (Å²) >= 11 is 0. The number of hydrogen-bond donors (Lipinski definition) is 1. The van der Waals surface area contributed by atoms with Gasteiger partial charge in [-0.1, -0.05) is 0 Å². The molecule has 0 unspecified atom stereocenters. The highest BCUT2D eigenvalue weighted by Gasteiger charge is 2.06. The molecule has 0 spiro atoms. The highest BCUT2D eigenvalue weighted by atomic mass is 19.1. The van der Waals surface area contributed by atoms with E-state index in [1.165, 1.54) is 0 Å². The Balaban J connectivity index is 1.91. The lowest BCUT2D eigenvalue weighted by atomic mass is 10.2. The number of carbonyl (C=O) groups is 1. The second-order valence-electron chi connectivity index (χ2n) is 4.13. The van der Waals surface area contributed by atoms with Crippen molar-refractivity contribution in [2.45, 2.75) is 0 Å². The molecule has 0 bridgehead atoms. The van der Waals surface area contributed by atoms with Crippen LogP contribution in [0.4, 0.5) is 14.5 Å². The zero-order valence-electron chi connectivity index (χ0n) is 10.8. The molecule has 6 heteroatoms. The van der Waals surface area contributed by atoms with Gasteiger partial charge in [-0.25, -0.2) is 8.78 Å². The van der Waals surface area contributed by atoms with Crippen molar-refractivity contribution in [2.24, 2.45) is 0 Å². The molecule has 2 aromatic rings. The van der Waals surface area contributed by atoms with E-state index in [-0.39, 0.29) is 12.3 Å². The molecule has 0 radical (unpaired) electrons. The number of carbonyl (C=O) groups excluding carboxylic acids is 1. The first-order valence-electron chi connectivity index (χ1n) is 5.96. The summed E-state index contributed by atoms with van der Waals surface area (Å²) in [5.74, 6) is -1.70. The number of halogens is 2. The third-order valence-electron chi connectivity index (χ3n) is 2.50. The van der Waals surface area contributed by atoms with Crippen LogP contribution in [0, 0.1) is 23.0 Å². The predicted octanol–water partition coefficient (Wildman–Crippen LogP) is 2.85. The van der Waals surface area contributed by atoms with E-state index in [1.807, 2.05) is 6.07 Å². The summed E-state index contributed by atoms with van der Waals surface area (Å²) in [6.45, 7) is -0.315. The topological polar surface area (TPSA) is 62.1 Å². The van der Waals surface area contributed by atoms with Crippen molar-refractivity contribution in [3.05, 3.63) is 59.7 Å². The minimum absolute atomic E-state index is 0.0147. The van der Waals surface area contributed by atoms with E-state index in [0.717, 1.165) is 12.1 Å². The maximum atomic E-state index is 13.0. The molecule has 21 heavy (non-hydrogen) atoms. The number of nitrogens with zero attached hydrogens (tertiary/aromatic N) is 1. The third kappa shape index (κ3) is 4.28. The van der Waals surface area contributed by atoms with E-state index in [2.05, 4.69) is 5.32 Å². The summed E-state index contributed by atoms with van der Waals surface area (Å²) in [5, 5.41) is 11.0. The molecule has 2 aromatic carbocycles. The van der Waals surface area contributed by atoms with E-state index in [4.69, 9.17) is 10.00 Å². The molecule has 0 aliphatic heterocycles. The fourth-order valence-corrected chi connectivity index (χ4v) is 1.60. The number of hydrogen-bond acceptors (Lipinski definition) is 3. The minimum Gasteiger partial charge on any atom is -0.484 e. The molecule has 0 atom stereocenters. The van der Waals surface area contributed by atoms with E-state index in [9.17, 15) is 13.6 Å². The number of rotatable bonds is 4. The predicted molar refractivity (Wildman–Crippen MR) is 71.6 cm³/mol. The van der Waals surface area contributed by atoms with Crippen LogP contribution in [0.15, 0.2) is 42.5 Å². The first-order valence-corrected chi connectivity index (χ1v) is 5.96. The van der Waals surface area contributed by atoms with Gasteiger partial charge in [0, 0.05) is 11.8 Å². The van der Waals surface area contributed by atoms with Gasteiger partial charge in [-0.2, -0.15) is 5.26 Å². The molecule has 1 amide bonds. The molecule has 0 aromatic heterocycles. The van der Waals surface area contributed by atoms with Crippen molar-refractivity contribution in [3.63, 3.8) is 0 Å². The van der Waals surface area contributed by atoms with Crippen LogP contribution in [-0.4, -0.2) is 12.5 Å². The van der Waals surface area contributed by atoms with Crippen molar-refractivity contribution in [2.75, 3.05) is 11.9 Å². The Morgan fingerprint density at radius 3 is 2.33 bits per heavy atom. The molecule has 0 fully saturated rings. The molecule has 0 heterocycles. The lowest BCUT2D eigenvalue weighted by molar-refractivity contribution is -0.118. The van der Waals surface area contributed by atoms with Gasteiger partial charge in [0.05, 0.1) is 11.6 Å². The lowest BCUT2D eigenvalue weighted by Crippen LogP contribution is -2.20. The molecule has 1 N–H and O–H groups in total. The molecule has 4 nitrogen and oxygen atoms in total. The molecule has 2 rings (SSSR count). The summed E-state index contributed by atoms with van der Waals surface area (Å²) < 4.78 is 31.1. The SMILES string of the molecule is N#Cc1ccc(OCC(=O)Nc2cc(F)cc(F)c2)cc1. The van der Waals surface area contributed by atoms with Crippen LogP contribution in [0.25, 0.3) is 0 Å². The number of ether oxygens (including phenoxy) is 1. The summed E-state index contributed by atoms with van der Waals surface area (Å²) in [7, 11) is 0. The Labute approximate surface area is 119 Å². The van der Waals surface area contributed by atoms with Crippen LogP contribution in [-0.2, 0) is 4.79 Å². The highest BCUT2D eigenvalue weighted by Crippen LogP contribution is 2.14. The lowest BCUT2D eigenvalue weighted by Gasteiger charge is -2.07. The third-order valence-corrected chi connectivity index (χ3v) is 2.50. The van der Waals surface area contributed by atoms with Gasteiger partial charge in [0.1, 0.15) is 17.4 Å². The van der Waals surface area contributed by atoms with E-state index in [1.54, 1.807) is 24.3 Å². The van der Waals surface area contributed by atoms with Crippen molar-refractivity contribution in [1.82, 2.24) is 0 Å². The van der Waals surface area contributed by atoms with E-state index < -0.39 is 17.5 Å². The molecule has 0 aliphatic rings. The van der Waals surface area contributed by atoms with Crippen LogP contribution in [0.1, 0.15) is 5.56 Å². The maximum absolute atomic E-state index is 13.0. The van der Waals surface area contributed by atoms with Gasteiger partial charge < -0.3 is 10.1 Å². The van der Waals surface area contributed by atoms with Crippen LogP contribution < -0.4 is 10.1 Å². The summed E-state index contributed by atoms with van der Waals surface area (Å²) in [4.78, 5) is 11.6. The first-order chi connectivity index (χ1) is 10.1. The number of benzene rings is 2. The zero-order chi connectivity index (χ0) is 15.2. The highest BCUT2D eigenvalue weighted by molar-refractivity contribution is 5.91. The van der Waals surface area contributed by atoms with Gasteiger partial charge in [-0.15, -0.1) is 0 Å².